The summed E-state index contributed by atoms with van der Waals surface area (Å²) in [5.74, 6) is -2.35. The maximum absolute atomic E-state index is 12.9. The van der Waals surface area contributed by atoms with Crippen LogP contribution < -0.4 is 0 Å². The third-order valence-corrected chi connectivity index (χ3v) is 7.36. The predicted molar refractivity (Wildman–Crippen MR) is 131 cm³/mol. The van der Waals surface area contributed by atoms with Crippen molar-refractivity contribution in [2.24, 2.45) is 34.5 Å². The Hall–Kier alpha value is -2.24. The van der Waals surface area contributed by atoms with Crippen LogP contribution in [-0.2, 0) is 28.7 Å². The van der Waals surface area contributed by atoms with Crippen molar-refractivity contribution in [1.82, 2.24) is 0 Å². The highest BCUT2D eigenvalue weighted by Gasteiger charge is 2.41. The van der Waals surface area contributed by atoms with E-state index in [9.17, 15) is 19.2 Å². The van der Waals surface area contributed by atoms with Gasteiger partial charge in [-0.1, -0.05) is 65.8 Å². The topological polar surface area (TPSA) is 86.7 Å². The standard InChI is InChI=1S/C28H42O6/c1-17-11-9-13-27(5,6)23(17)21(29)15-19(3)33-25(31)26(32)34-20(4)16-22(30)24-18(2)12-10-14-28(24,7)8/h9-12,17-20,23-24H,13-16H2,1-8H3. The number of ether oxygens (including phenoxy) is 2. The van der Waals surface area contributed by atoms with Crippen LogP contribution in [-0.4, -0.2) is 35.7 Å². The molecule has 0 saturated carbocycles. The van der Waals surface area contributed by atoms with E-state index in [-0.39, 0.29) is 58.9 Å². The predicted octanol–water partition coefficient (Wildman–Crippen LogP) is 5.25. The van der Waals surface area contributed by atoms with Gasteiger partial charge in [0, 0.05) is 24.7 Å². The molecular weight excluding hydrogens is 432 g/mol. The summed E-state index contributed by atoms with van der Waals surface area (Å²) in [7, 11) is 0. The van der Waals surface area contributed by atoms with Gasteiger partial charge in [-0.05, 0) is 49.4 Å². The summed E-state index contributed by atoms with van der Waals surface area (Å²) in [6.07, 6.45) is 8.55. The lowest BCUT2D eigenvalue weighted by atomic mass is 9.65. The molecule has 2 rings (SSSR count). The Morgan fingerprint density at radius 3 is 1.35 bits per heavy atom. The maximum Gasteiger partial charge on any atom is 0.417 e. The molecule has 0 spiro atoms. The zero-order chi connectivity index (χ0) is 25.8. The van der Waals surface area contributed by atoms with E-state index in [4.69, 9.17) is 9.47 Å². The van der Waals surface area contributed by atoms with Gasteiger partial charge in [0.1, 0.15) is 23.8 Å². The Balaban J connectivity index is 1.86. The fraction of sp³-hybridized carbons (Fsp3) is 0.714. The molecular formula is C28H42O6. The van der Waals surface area contributed by atoms with Crippen LogP contribution in [0.3, 0.4) is 0 Å². The lowest BCUT2D eigenvalue weighted by Gasteiger charge is -2.39. The van der Waals surface area contributed by atoms with E-state index in [0.29, 0.717) is 0 Å². The minimum absolute atomic E-state index is 0.0211. The van der Waals surface area contributed by atoms with Gasteiger partial charge in [-0.25, -0.2) is 9.59 Å². The first-order chi connectivity index (χ1) is 15.7. The summed E-state index contributed by atoms with van der Waals surface area (Å²) in [6, 6.07) is 0. The Labute approximate surface area is 204 Å². The molecule has 0 bridgehead atoms. The van der Waals surface area contributed by atoms with Gasteiger partial charge in [0.15, 0.2) is 0 Å². The molecule has 0 N–H and O–H groups in total. The van der Waals surface area contributed by atoms with Crippen molar-refractivity contribution < 1.29 is 28.7 Å². The number of ketones is 2. The van der Waals surface area contributed by atoms with Crippen LogP contribution in [0.4, 0.5) is 0 Å². The van der Waals surface area contributed by atoms with Crippen molar-refractivity contribution in [3.05, 3.63) is 24.3 Å². The Morgan fingerprint density at radius 2 is 1.06 bits per heavy atom. The van der Waals surface area contributed by atoms with E-state index in [2.05, 4.69) is 52.0 Å². The molecule has 0 aromatic heterocycles. The fourth-order valence-electron chi connectivity index (χ4n) is 5.90. The summed E-state index contributed by atoms with van der Waals surface area (Å²) >= 11 is 0. The Bertz CT molecular complexity index is 779. The van der Waals surface area contributed by atoms with Gasteiger partial charge >= 0.3 is 11.9 Å². The van der Waals surface area contributed by atoms with Gasteiger partial charge in [0.05, 0.1) is 0 Å². The van der Waals surface area contributed by atoms with E-state index < -0.39 is 24.1 Å². The maximum atomic E-state index is 12.9. The highest BCUT2D eigenvalue weighted by molar-refractivity contribution is 6.29. The van der Waals surface area contributed by atoms with Crippen LogP contribution in [0.1, 0.15) is 81.1 Å². The second-order valence-corrected chi connectivity index (χ2v) is 11.7. The molecule has 0 amide bonds. The molecule has 0 fully saturated rings. The molecule has 6 atom stereocenters. The zero-order valence-corrected chi connectivity index (χ0v) is 22.1. The number of allylic oxidation sites excluding steroid dienone is 4. The molecule has 0 radical (unpaired) electrons. The number of rotatable bonds is 8. The van der Waals surface area contributed by atoms with Crippen LogP contribution in [0.25, 0.3) is 0 Å². The van der Waals surface area contributed by atoms with Crippen molar-refractivity contribution in [1.29, 1.82) is 0 Å². The number of hydrogen-bond acceptors (Lipinski definition) is 6. The minimum Gasteiger partial charge on any atom is -0.454 e. The average Bonchev–Trinajstić information content (AvgIpc) is 2.65. The molecule has 2 aliphatic carbocycles. The summed E-state index contributed by atoms with van der Waals surface area (Å²) in [4.78, 5) is 50.4. The molecule has 0 saturated heterocycles. The van der Waals surface area contributed by atoms with Crippen molar-refractivity contribution in [2.75, 3.05) is 0 Å². The van der Waals surface area contributed by atoms with Crippen molar-refractivity contribution in [3.63, 3.8) is 0 Å². The second-order valence-electron chi connectivity index (χ2n) is 11.7. The molecule has 0 aromatic carbocycles. The number of Topliss-reactive ketones (excluding diaryl/α,β-unsaturated/α-hetero) is 2. The lowest BCUT2D eigenvalue weighted by molar-refractivity contribution is -0.174. The number of carbonyl (C=O) groups is 4. The average molecular weight is 475 g/mol. The molecule has 6 heteroatoms. The normalized spacial score (nSPS) is 29.1. The second kappa shape index (κ2) is 11.0. The van der Waals surface area contributed by atoms with E-state index >= 15 is 0 Å². The number of carbonyl (C=O) groups excluding carboxylic acids is 4. The van der Waals surface area contributed by atoms with Crippen molar-refractivity contribution >= 4 is 23.5 Å². The molecule has 0 heterocycles. The summed E-state index contributed by atoms with van der Waals surface area (Å²) < 4.78 is 10.4. The van der Waals surface area contributed by atoms with E-state index in [1.54, 1.807) is 13.8 Å². The molecule has 6 nitrogen and oxygen atoms in total. The van der Waals surface area contributed by atoms with Crippen LogP contribution in [0, 0.1) is 34.5 Å². The first kappa shape index (κ1) is 28.0. The van der Waals surface area contributed by atoms with Gasteiger partial charge < -0.3 is 9.47 Å². The highest BCUT2D eigenvalue weighted by atomic mass is 16.6. The minimum atomic E-state index is -1.13. The van der Waals surface area contributed by atoms with Crippen molar-refractivity contribution in [3.8, 4) is 0 Å². The molecule has 34 heavy (non-hydrogen) atoms. The Kier molecular flexibility index (Phi) is 9.06. The van der Waals surface area contributed by atoms with Gasteiger partial charge in [-0.3, -0.25) is 9.59 Å². The molecule has 0 aromatic rings. The fourth-order valence-corrected chi connectivity index (χ4v) is 5.90. The van der Waals surface area contributed by atoms with E-state index in [0.717, 1.165) is 12.8 Å². The zero-order valence-electron chi connectivity index (χ0n) is 22.1. The van der Waals surface area contributed by atoms with E-state index in [1.807, 2.05) is 13.8 Å². The van der Waals surface area contributed by atoms with Crippen LogP contribution in [0.5, 0.6) is 0 Å². The van der Waals surface area contributed by atoms with Crippen LogP contribution in [0.15, 0.2) is 24.3 Å². The number of esters is 2. The molecule has 0 aliphatic heterocycles. The molecule has 6 unspecified atom stereocenters. The first-order valence-electron chi connectivity index (χ1n) is 12.5. The van der Waals surface area contributed by atoms with Crippen molar-refractivity contribution in [2.45, 2.75) is 93.3 Å². The smallest absolute Gasteiger partial charge is 0.417 e. The third-order valence-electron chi connectivity index (χ3n) is 7.36. The molecule has 2 aliphatic rings. The third kappa shape index (κ3) is 6.89. The SMILES string of the molecule is CC(CC(=O)C1C(C)C=CCC1(C)C)OC(=O)C(=O)OC(C)CC(=O)C1C(C)C=CCC1(C)C. The largest absolute Gasteiger partial charge is 0.454 e. The summed E-state index contributed by atoms with van der Waals surface area (Å²) in [5.41, 5.74) is -0.341. The molecule has 190 valence electrons. The monoisotopic (exact) mass is 474 g/mol. The lowest BCUT2D eigenvalue weighted by Crippen LogP contribution is -2.39. The van der Waals surface area contributed by atoms with Crippen LogP contribution in [0.2, 0.25) is 0 Å². The van der Waals surface area contributed by atoms with Gasteiger partial charge in [-0.2, -0.15) is 0 Å². The number of hydrogen-bond donors (Lipinski definition) is 0. The highest BCUT2D eigenvalue weighted by Crippen LogP contribution is 2.42. The van der Waals surface area contributed by atoms with Crippen LogP contribution >= 0.6 is 0 Å². The van der Waals surface area contributed by atoms with Gasteiger partial charge in [0.25, 0.3) is 0 Å². The first-order valence-corrected chi connectivity index (χ1v) is 12.5. The van der Waals surface area contributed by atoms with Gasteiger partial charge in [0.2, 0.25) is 0 Å². The van der Waals surface area contributed by atoms with E-state index in [1.165, 1.54) is 0 Å². The quantitative estimate of drug-likeness (QED) is 0.271. The Morgan fingerprint density at radius 1 is 0.735 bits per heavy atom. The summed E-state index contributed by atoms with van der Waals surface area (Å²) in [6.45, 7) is 15.5. The van der Waals surface area contributed by atoms with Gasteiger partial charge in [-0.15, -0.1) is 0 Å². The summed E-state index contributed by atoms with van der Waals surface area (Å²) in [5, 5.41) is 0.